The van der Waals surface area contributed by atoms with Crippen molar-refractivity contribution in [3.05, 3.63) is 64.1 Å². The molecule has 158 valence electrons. The van der Waals surface area contributed by atoms with Crippen LogP contribution in [0.15, 0.2) is 48.5 Å². The number of amides is 2. The lowest BCUT2D eigenvalue weighted by Crippen LogP contribution is -2.12. The monoisotopic (exact) mass is 454 g/mol. The van der Waals surface area contributed by atoms with Gasteiger partial charge in [0.05, 0.1) is 34.1 Å². The third kappa shape index (κ3) is 4.12. The van der Waals surface area contributed by atoms with E-state index in [0.29, 0.717) is 27.0 Å². The quantitative estimate of drug-likeness (QED) is 0.430. The van der Waals surface area contributed by atoms with Gasteiger partial charge in [0.2, 0.25) is 5.91 Å². The zero-order valence-corrected chi connectivity index (χ0v) is 18.6. The van der Waals surface area contributed by atoms with Crippen LogP contribution >= 0.6 is 22.9 Å². The number of nitrogens with one attached hydrogen (secondary N) is 2. The van der Waals surface area contributed by atoms with Crippen LogP contribution in [0.2, 0.25) is 5.02 Å². The van der Waals surface area contributed by atoms with Crippen LogP contribution in [0.5, 0.6) is 5.75 Å². The first-order valence-corrected chi connectivity index (χ1v) is 10.6. The minimum Gasteiger partial charge on any atom is -0.495 e. The van der Waals surface area contributed by atoms with Crippen molar-refractivity contribution in [2.24, 2.45) is 0 Å². The Labute approximate surface area is 187 Å². The van der Waals surface area contributed by atoms with Crippen LogP contribution in [0.25, 0.3) is 15.9 Å². The van der Waals surface area contributed by atoms with Crippen molar-refractivity contribution in [2.45, 2.75) is 13.8 Å². The molecule has 2 N–H and O–H groups in total. The first kappa shape index (κ1) is 20.9. The number of hydrogen-bond donors (Lipinski definition) is 2. The van der Waals surface area contributed by atoms with Crippen LogP contribution in [0.3, 0.4) is 0 Å². The van der Waals surface area contributed by atoms with Gasteiger partial charge < -0.3 is 15.4 Å². The van der Waals surface area contributed by atoms with E-state index in [4.69, 9.17) is 16.3 Å². The Bertz CT molecular complexity index is 1310. The SMILES string of the molecule is COc1ccc(NC(C)=O)cc1NC(=O)c1cc2c(C)nn(-c3ccccc3Cl)c2s1. The molecule has 0 saturated carbocycles. The van der Waals surface area contributed by atoms with Gasteiger partial charge in [0.15, 0.2) is 0 Å². The lowest BCUT2D eigenvalue weighted by molar-refractivity contribution is -0.114. The van der Waals surface area contributed by atoms with Crippen molar-refractivity contribution in [3.8, 4) is 11.4 Å². The summed E-state index contributed by atoms with van der Waals surface area (Å²) < 4.78 is 7.10. The van der Waals surface area contributed by atoms with E-state index in [1.54, 1.807) is 28.9 Å². The van der Waals surface area contributed by atoms with E-state index in [9.17, 15) is 9.59 Å². The summed E-state index contributed by atoms with van der Waals surface area (Å²) in [6.07, 6.45) is 0. The number of anilines is 2. The molecule has 4 rings (SSSR count). The van der Waals surface area contributed by atoms with Gasteiger partial charge in [-0.2, -0.15) is 5.10 Å². The molecule has 2 heterocycles. The molecule has 4 aromatic rings. The molecule has 0 fully saturated rings. The Balaban J connectivity index is 1.69. The second-order valence-corrected chi connectivity index (χ2v) is 8.27. The molecule has 2 amide bonds. The van der Waals surface area contributed by atoms with Gasteiger partial charge >= 0.3 is 0 Å². The van der Waals surface area contributed by atoms with E-state index in [0.717, 1.165) is 21.6 Å². The lowest BCUT2D eigenvalue weighted by atomic mass is 10.2. The largest absolute Gasteiger partial charge is 0.495 e. The van der Waals surface area contributed by atoms with Crippen molar-refractivity contribution >= 4 is 56.3 Å². The fraction of sp³-hybridized carbons (Fsp3) is 0.136. The summed E-state index contributed by atoms with van der Waals surface area (Å²) in [7, 11) is 1.52. The second-order valence-electron chi connectivity index (χ2n) is 6.83. The average molecular weight is 455 g/mol. The molecular weight excluding hydrogens is 436 g/mol. The topological polar surface area (TPSA) is 85.2 Å². The lowest BCUT2D eigenvalue weighted by Gasteiger charge is -2.12. The summed E-state index contributed by atoms with van der Waals surface area (Å²) in [4.78, 5) is 25.7. The molecular formula is C22H19ClN4O3S. The standard InChI is InChI=1S/C22H19ClN4O3S/c1-12-15-11-20(31-22(15)27(26-12)18-7-5-4-6-16(18)23)21(29)25-17-10-14(24-13(2)28)8-9-19(17)30-3/h4-11H,1-3H3,(H,24,28)(H,25,29). The summed E-state index contributed by atoms with van der Waals surface area (Å²) in [5.74, 6) is -0.00174. The second kappa shape index (κ2) is 8.41. The highest BCUT2D eigenvalue weighted by molar-refractivity contribution is 7.20. The van der Waals surface area contributed by atoms with Gasteiger partial charge in [-0.25, -0.2) is 4.68 Å². The number of ether oxygens (including phenoxy) is 1. The Morgan fingerprint density at radius 1 is 1.13 bits per heavy atom. The highest BCUT2D eigenvalue weighted by Crippen LogP contribution is 2.34. The van der Waals surface area contributed by atoms with Crippen LogP contribution < -0.4 is 15.4 Å². The van der Waals surface area contributed by atoms with Crippen LogP contribution in [-0.2, 0) is 4.79 Å². The van der Waals surface area contributed by atoms with Gasteiger partial charge in [-0.15, -0.1) is 11.3 Å². The van der Waals surface area contributed by atoms with Crippen LogP contribution in [-0.4, -0.2) is 28.7 Å². The molecule has 0 aliphatic rings. The van der Waals surface area contributed by atoms with Gasteiger partial charge in [-0.05, 0) is 43.3 Å². The maximum absolute atomic E-state index is 13.0. The first-order valence-electron chi connectivity index (χ1n) is 9.38. The third-order valence-corrected chi connectivity index (χ3v) is 6.05. The molecule has 31 heavy (non-hydrogen) atoms. The van der Waals surface area contributed by atoms with E-state index in [2.05, 4.69) is 15.7 Å². The maximum Gasteiger partial charge on any atom is 0.265 e. The van der Waals surface area contributed by atoms with Crippen molar-refractivity contribution in [3.63, 3.8) is 0 Å². The summed E-state index contributed by atoms with van der Waals surface area (Å²) in [5.41, 5.74) is 2.57. The first-order chi connectivity index (χ1) is 14.9. The number of hydrogen-bond acceptors (Lipinski definition) is 5. The van der Waals surface area contributed by atoms with E-state index in [1.165, 1.54) is 25.4 Å². The third-order valence-electron chi connectivity index (χ3n) is 4.62. The number of benzene rings is 2. The van der Waals surface area contributed by atoms with Gasteiger partial charge in [0.25, 0.3) is 5.91 Å². The normalized spacial score (nSPS) is 10.8. The van der Waals surface area contributed by atoms with Crippen molar-refractivity contribution < 1.29 is 14.3 Å². The number of carbonyl (C=O) groups is 2. The molecule has 0 saturated heterocycles. The molecule has 0 atom stereocenters. The molecule has 0 unspecified atom stereocenters. The van der Waals surface area contributed by atoms with Gasteiger partial charge in [-0.3, -0.25) is 9.59 Å². The number of carbonyl (C=O) groups excluding carboxylic acids is 2. The molecule has 2 aromatic heterocycles. The zero-order chi connectivity index (χ0) is 22.1. The number of methoxy groups -OCH3 is 1. The van der Waals surface area contributed by atoms with Gasteiger partial charge in [-0.1, -0.05) is 23.7 Å². The summed E-state index contributed by atoms with van der Waals surface area (Å²) in [6, 6.07) is 14.3. The predicted molar refractivity (Wildman–Crippen MR) is 124 cm³/mol. The number of nitrogens with zero attached hydrogens (tertiary/aromatic N) is 2. The fourth-order valence-electron chi connectivity index (χ4n) is 3.22. The smallest absolute Gasteiger partial charge is 0.265 e. The molecule has 2 aromatic carbocycles. The molecule has 0 radical (unpaired) electrons. The number of para-hydroxylation sites is 1. The van der Waals surface area contributed by atoms with Crippen LogP contribution in [0.1, 0.15) is 22.3 Å². The molecule has 0 bridgehead atoms. The number of halogens is 1. The molecule has 0 aliphatic heterocycles. The molecule has 7 nitrogen and oxygen atoms in total. The summed E-state index contributed by atoms with van der Waals surface area (Å²) >= 11 is 7.67. The minimum absolute atomic E-state index is 0.202. The average Bonchev–Trinajstić information content (AvgIpc) is 3.29. The summed E-state index contributed by atoms with van der Waals surface area (Å²) in [6.45, 7) is 3.31. The minimum atomic E-state index is -0.287. The fourth-order valence-corrected chi connectivity index (χ4v) is 4.50. The van der Waals surface area contributed by atoms with Crippen molar-refractivity contribution in [1.82, 2.24) is 9.78 Å². The van der Waals surface area contributed by atoms with E-state index in [-0.39, 0.29) is 11.8 Å². The van der Waals surface area contributed by atoms with Crippen LogP contribution in [0.4, 0.5) is 11.4 Å². The number of aryl methyl sites for hydroxylation is 1. The van der Waals surface area contributed by atoms with Crippen LogP contribution in [0, 0.1) is 6.92 Å². The predicted octanol–water partition coefficient (Wildman–Crippen LogP) is 5.27. The summed E-state index contributed by atoms with van der Waals surface area (Å²) in [5, 5.41) is 11.6. The van der Waals surface area contributed by atoms with E-state index in [1.807, 2.05) is 31.2 Å². The Morgan fingerprint density at radius 3 is 2.61 bits per heavy atom. The van der Waals surface area contributed by atoms with Gasteiger partial charge in [0, 0.05) is 18.0 Å². The molecule has 0 spiro atoms. The Kier molecular flexibility index (Phi) is 5.67. The number of aromatic nitrogens is 2. The molecule has 9 heteroatoms. The Hall–Kier alpha value is -3.36. The highest BCUT2D eigenvalue weighted by atomic mass is 35.5. The zero-order valence-electron chi connectivity index (χ0n) is 17.0. The van der Waals surface area contributed by atoms with Gasteiger partial charge in [0.1, 0.15) is 10.6 Å². The molecule has 0 aliphatic carbocycles. The van der Waals surface area contributed by atoms with Crippen molar-refractivity contribution in [2.75, 3.05) is 17.7 Å². The number of fused-ring (bicyclic) bond motifs is 1. The number of rotatable bonds is 5. The van der Waals surface area contributed by atoms with E-state index >= 15 is 0 Å². The Morgan fingerprint density at radius 2 is 1.90 bits per heavy atom. The number of thiophene rings is 1. The maximum atomic E-state index is 13.0. The highest BCUT2D eigenvalue weighted by Gasteiger charge is 2.19. The van der Waals surface area contributed by atoms with Crippen molar-refractivity contribution in [1.29, 1.82) is 0 Å². The van der Waals surface area contributed by atoms with E-state index < -0.39 is 0 Å².